The third-order valence-corrected chi connectivity index (χ3v) is 4.21. The molecule has 7 heteroatoms. The minimum Gasteiger partial charge on any atom is -0.494 e. The smallest absolute Gasteiger partial charge is 0.257 e. The van der Waals surface area contributed by atoms with E-state index in [9.17, 15) is 14.0 Å². The Morgan fingerprint density at radius 1 is 1.16 bits per heavy atom. The zero-order valence-electron chi connectivity index (χ0n) is 14.8. The molecule has 1 heterocycles. The molecule has 2 rings (SSSR count). The molecule has 0 aromatic heterocycles. The maximum atomic E-state index is 14.3. The summed E-state index contributed by atoms with van der Waals surface area (Å²) in [7, 11) is 1.37. The van der Waals surface area contributed by atoms with Crippen LogP contribution in [0.4, 0.5) is 4.39 Å². The highest BCUT2D eigenvalue weighted by molar-refractivity contribution is 5.95. The lowest BCUT2D eigenvalue weighted by Gasteiger charge is -2.22. The van der Waals surface area contributed by atoms with Crippen LogP contribution in [0.2, 0.25) is 0 Å². The Morgan fingerprint density at radius 2 is 1.88 bits per heavy atom. The highest BCUT2D eigenvalue weighted by atomic mass is 19.1. The van der Waals surface area contributed by atoms with Crippen molar-refractivity contribution in [2.45, 2.75) is 19.8 Å². The molecule has 1 aliphatic heterocycles. The number of hydrogen-bond acceptors (Lipinski definition) is 4. The summed E-state index contributed by atoms with van der Waals surface area (Å²) in [5.41, 5.74) is -0.00419. The summed E-state index contributed by atoms with van der Waals surface area (Å²) >= 11 is 0. The van der Waals surface area contributed by atoms with Crippen LogP contribution in [-0.4, -0.2) is 68.1 Å². The van der Waals surface area contributed by atoms with Crippen molar-refractivity contribution in [2.75, 3.05) is 46.5 Å². The number of methoxy groups -OCH3 is 1. The molecule has 0 saturated carbocycles. The van der Waals surface area contributed by atoms with Crippen molar-refractivity contribution in [2.24, 2.45) is 0 Å². The van der Waals surface area contributed by atoms with Crippen molar-refractivity contribution >= 4 is 11.8 Å². The molecular weight excluding hydrogens is 327 g/mol. The zero-order valence-corrected chi connectivity index (χ0v) is 14.8. The van der Waals surface area contributed by atoms with E-state index in [4.69, 9.17) is 9.47 Å². The topological polar surface area (TPSA) is 59.1 Å². The van der Waals surface area contributed by atoms with Gasteiger partial charge in [0.15, 0.2) is 11.6 Å². The van der Waals surface area contributed by atoms with Crippen molar-refractivity contribution in [1.29, 1.82) is 0 Å². The molecule has 0 unspecified atom stereocenters. The summed E-state index contributed by atoms with van der Waals surface area (Å²) in [5, 5.41) is 0. The highest BCUT2D eigenvalue weighted by Crippen LogP contribution is 2.21. The van der Waals surface area contributed by atoms with Gasteiger partial charge in [-0.25, -0.2) is 4.39 Å². The normalized spacial score (nSPS) is 15.0. The van der Waals surface area contributed by atoms with Crippen LogP contribution in [-0.2, 0) is 9.53 Å². The van der Waals surface area contributed by atoms with Crippen molar-refractivity contribution < 1.29 is 23.5 Å². The molecule has 1 aromatic rings. The van der Waals surface area contributed by atoms with Gasteiger partial charge in [-0.15, -0.1) is 0 Å². The fourth-order valence-electron chi connectivity index (χ4n) is 2.84. The lowest BCUT2D eigenvalue weighted by molar-refractivity contribution is -0.132. The molecule has 0 N–H and O–H groups in total. The van der Waals surface area contributed by atoms with Gasteiger partial charge in [-0.05, 0) is 25.5 Å². The van der Waals surface area contributed by atoms with Gasteiger partial charge in [-0.3, -0.25) is 9.59 Å². The summed E-state index contributed by atoms with van der Waals surface area (Å²) in [6, 6.07) is 4.53. The first-order valence-electron chi connectivity index (χ1n) is 8.55. The average molecular weight is 352 g/mol. The predicted molar refractivity (Wildman–Crippen MR) is 91.2 cm³/mol. The Labute approximate surface area is 147 Å². The molecule has 1 fully saturated rings. The van der Waals surface area contributed by atoms with Crippen LogP contribution < -0.4 is 4.74 Å². The quantitative estimate of drug-likeness (QED) is 0.734. The van der Waals surface area contributed by atoms with Crippen molar-refractivity contribution in [3.63, 3.8) is 0 Å². The molecule has 0 bridgehead atoms. The first-order chi connectivity index (χ1) is 12.1. The number of benzene rings is 1. The molecule has 2 amide bonds. The molecular formula is C18H25FN2O4. The number of carbonyl (C=O) groups excluding carboxylic acids is 2. The highest BCUT2D eigenvalue weighted by Gasteiger charge is 2.25. The number of nitrogens with zero attached hydrogens (tertiary/aromatic N) is 2. The van der Waals surface area contributed by atoms with Gasteiger partial charge in [-0.2, -0.15) is 0 Å². The van der Waals surface area contributed by atoms with E-state index in [-0.39, 0.29) is 23.1 Å². The van der Waals surface area contributed by atoms with Gasteiger partial charge < -0.3 is 19.3 Å². The summed E-state index contributed by atoms with van der Waals surface area (Å²) in [6.07, 6.45) is 1.00. The Morgan fingerprint density at radius 3 is 2.60 bits per heavy atom. The van der Waals surface area contributed by atoms with Crippen molar-refractivity contribution in [1.82, 2.24) is 9.80 Å². The second kappa shape index (κ2) is 9.36. The van der Waals surface area contributed by atoms with E-state index in [0.717, 1.165) is 0 Å². The minimum atomic E-state index is -0.649. The van der Waals surface area contributed by atoms with Crippen LogP contribution >= 0.6 is 0 Å². The van der Waals surface area contributed by atoms with Crippen LogP contribution in [0.5, 0.6) is 5.75 Å². The summed E-state index contributed by atoms with van der Waals surface area (Å²) in [5.74, 6) is -0.951. The lowest BCUT2D eigenvalue weighted by Crippen LogP contribution is -2.37. The molecule has 138 valence electrons. The lowest BCUT2D eigenvalue weighted by atomic mass is 10.1. The van der Waals surface area contributed by atoms with E-state index >= 15 is 0 Å². The molecule has 1 aromatic carbocycles. The van der Waals surface area contributed by atoms with Gasteiger partial charge in [0.05, 0.1) is 25.7 Å². The Kier molecular flexibility index (Phi) is 7.18. The van der Waals surface area contributed by atoms with E-state index in [1.165, 1.54) is 19.2 Å². The van der Waals surface area contributed by atoms with Gasteiger partial charge in [0.2, 0.25) is 5.91 Å². The van der Waals surface area contributed by atoms with Crippen LogP contribution in [0.25, 0.3) is 0 Å². The molecule has 0 spiro atoms. The molecule has 0 aliphatic carbocycles. The number of hydrogen-bond donors (Lipinski definition) is 0. The number of carbonyl (C=O) groups is 2. The van der Waals surface area contributed by atoms with E-state index in [1.807, 2.05) is 6.92 Å². The van der Waals surface area contributed by atoms with E-state index in [2.05, 4.69) is 0 Å². The van der Waals surface area contributed by atoms with E-state index in [1.54, 1.807) is 15.9 Å². The molecule has 6 nitrogen and oxygen atoms in total. The fraction of sp³-hybridized carbons (Fsp3) is 0.556. The Bertz CT molecular complexity index is 609. The fourth-order valence-corrected chi connectivity index (χ4v) is 2.84. The Hall–Kier alpha value is -2.15. The second-order valence-corrected chi connectivity index (χ2v) is 5.80. The number of ether oxygens (including phenoxy) is 2. The zero-order chi connectivity index (χ0) is 18.2. The molecule has 0 radical (unpaired) electrons. The summed E-state index contributed by atoms with van der Waals surface area (Å²) < 4.78 is 24.5. The molecule has 25 heavy (non-hydrogen) atoms. The number of rotatable bonds is 6. The first kappa shape index (κ1) is 19.2. The molecule has 1 saturated heterocycles. The van der Waals surface area contributed by atoms with Crippen LogP contribution in [0.15, 0.2) is 18.2 Å². The second-order valence-electron chi connectivity index (χ2n) is 5.80. The minimum absolute atomic E-state index is 0.00419. The van der Waals surface area contributed by atoms with Crippen LogP contribution in [0.1, 0.15) is 30.1 Å². The van der Waals surface area contributed by atoms with Crippen LogP contribution in [0.3, 0.4) is 0 Å². The third-order valence-electron chi connectivity index (χ3n) is 4.21. The number of halogens is 1. The summed E-state index contributed by atoms with van der Waals surface area (Å²) in [4.78, 5) is 28.1. The van der Waals surface area contributed by atoms with Gasteiger partial charge in [0, 0.05) is 32.8 Å². The molecule has 1 aliphatic rings. The van der Waals surface area contributed by atoms with Crippen molar-refractivity contribution in [3.8, 4) is 5.75 Å². The van der Waals surface area contributed by atoms with E-state index in [0.29, 0.717) is 52.2 Å². The SMILES string of the molecule is CCOCCC(=O)N1CCCN(C(=O)c2cccc(OC)c2F)CC1. The van der Waals surface area contributed by atoms with Gasteiger partial charge >= 0.3 is 0 Å². The third kappa shape index (κ3) is 4.92. The molecule has 0 atom stereocenters. The monoisotopic (exact) mass is 352 g/mol. The maximum absolute atomic E-state index is 14.3. The maximum Gasteiger partial charge on any atom is 0.257 e. The van der Waals surface area contributed by atoms with Gasteiger partial charge in [-0.1, -0.05) is 6.07 Å². The standard InChI is InChI=1S/C18H25FN2O4/c1-3-25-13-8-16(22)20-9-5-10-21(12-11-20)18(23)14-6-4-7-15(24-2)17(14)19/h4,6-7H,3,5,8-13H2,1-2H3. The average Bonchev–Trinajstić information content (AvgIpc) is 2.87. The summed E-state index contributed by atoms with van der Waals surface area (Å²) in [6.45, 7) is 4.79. The first-order valence-corrected chi connectivity index (χ1v) is 8.55. The Balaban J connectivity index is 1.98. The predicted octanol–water partition coefficient (Wildman–Crippen LogP) is 1.94. The van der Waals surface area contributed by atoms with Crippen molar-refractivity contribution in [3.05, 3.63) is 29.6 Å². The van der Waals surface area contributed by atoms with E-state index < -0.39 is 5.82 Å². The van der Waals surface area contributed by atoms with Gasteiger partial charge in [0.25, 0.3) is 5.91 Å². The van der Waals surface area contributed by atoms with Gasteiger partial charge in [0.1, 0.15) is 0 Å². The number of amides is 2. The van der Waals surface area contributed by atoms with Crippen LogP contribution in [0, 0.1) is 5.82 Å². The largest absolute Gasteiger partial charge is 0.494 e.